The van der Waals surface area contributed by atoms with E-state index in [1.165, 1.54) is 36.4 Å². The topological polar surface area (TPSA) is 49.3 Å². The molecular formula is C17H31IN4S. The summed E-state index contributed by atoms with van der Waals surface area (Å²) in [6, 6.07) is 0. The van der Waals surface area contributed by atoms with Gasteiger partial charge in [-0.05, 0) is 38.0 Å². The Bertz CT molecular complexity index is 477. The second kappa shape index (κ2) is 10.5. The monoisotopic (exact) mass is 450 g/mol. The van der Waals surface area contributed by atoms with Crippen LogP contribution in [0.2, 0.25) is 0 Å². The number of rotatable bonds is 8. The maximum Gasteiger partial charge on any atom is 0.191 e. The van der Waals surface area contributed by atoms with E-state index in [1.807, 2.05) is 0 Å². The van der Waals surface area contributed by atoms with E-state index in [0.29, 0.717) is 5.41 Å². The number of aromatic nitrogens is 1. The van der Waals surface area contributed by atoms with Crippen molar-refractivity contribution in [3.63, 3.8) is 0 Å². The van der Waals surface area contributed by atoms with Crippen molar-refractivity contribution >= 4 is 41.3 Å². The van der Waals surface area contributed by atoms with Crippen molar-refractivity contribution in [2.75, 3.05) is 19.6 Å². The Balaban J connectivity index is 0.00000264. The molecule has 0 atom stereocenters. The van der Waals surface area contributed by atoms with Crippen LogP contribution in [0.3, 0.4) is 0 Å². The Labute approximate surface area is 162 Å². The number of aryl methyl sites for hydroxylation is 1. The Morgan fingerprint density at radius 3 is 2.61 bits per heavy atom. The van der Waals surface area contributed by atoms with Crippen molar-refractivity contribution < 1.29 is 0 Å². The van der Waals surface area contributed by atoms with Crippen LogP contribution < -0.4 is 10.6 Å². The van der Waals surface area contributed by atoms with Gasteiger partial charge in [-0.1, -0.05) is 20.3 Å². The Morgan fingerprint density at radius 2 is 2.09 bits per heavy atom. The van der Waals surface area contributed by atoms with Gasteiger partial charge in [0.2, 0.25) is 0 Å². The molecule has 1 aromatic heterocycles. The van der Waals surface area contributed by atoms with Crippen molar-refractivity contribution in [1.82, 2.24) is 15.6 Å². The highest BCUT2D eigenvalue weighted by molar-refractivity contribution is 14.0. The fourth-order valence-corrected chi connectivity index (χ4v) is 3.60. The van der Waals surface area contributed by atoms with E-state index < -0.39 is 0 Å². The van der Waals surface area contributed by atoms with Gasteiger partial charge in [0.05, 0.1) is 10.7 Å². The zero-order valence-electron chi connectivity index (χ0n) is 14.7. The summed E-state index contributed by atoms with van der Waals surface area (Å²) in [7, 11) is 0. The highest BCUT2D eigenvalue weighted by Gasteiger charge is 2.34. The zero-order chi connectivity index (χ0) is 15.8. The average molecular weight is 450 g/mol. The van der Waals surface area contributed by atoms with Gasteiger partial charge in [-0.2, -0.15) is 0 Å². The molecule has 4 nitrogen and oxygen atoms in total. The molecule has 1 saturated carbocycles. The Kier molecular flexibility index (Phi) is 9.43. The van der Waals surface area contributed by atoms with Gasteiger partial charge >= 0.3 is 0 Å². The molecule has 0 aromatic carbocycles. The van der Waals surface area contributed by atoms with Crippen molar-refractivity contribution in [3.8, 4) is 0 Å². The lowest BCUT2D eigenvalue weighted by molar-refractivity contribution is 0.139. The lowest BCUT2D eigenvalue weighted by atomic mass is 9.67. The first-order valence-corrected chi connectivity index (χ1v) is 9.54. The van der Waals surface area contributed by atoms with Crippen LogP contribution in [0.5, 0.6) is 0 Å². The van der Waals surface area contributed by atoms with Gasteiger partial charge in [0, 0.05) is 31.4 Å². The molecule has 0 radical (unpaired) electrons. The van der Waals surface area contributed by atoms with Crippen molar-refractivity contribution in [2.45, 2.75) is 59.3 Å². The molecule has 23 heavy (non-hydrogen) atoms. The number of guanidine groups is 1. The molecule has 132 valence electrons. The van der Waals surface area contributed by atoms with E-state index in [2.05, 4.69) is 41.8 Å². The number of hydrogen-bond donors (Lipinski definition) is 2. The standard InChI is InChI=1S/C17H30N4S.HI/c1-4-15-21-14(12-22-15)8-11-19-16(18-6-3)20-13-17(5-2)9-7-10-17;/h12H,4-11,13H2,1-3H3,(H2,18,19,20);1H. The van der Waals surface area contributed by atoms with Crippen LogP contribution in [-0.2, 0) is 12.8 Å². The Hall–Kier alpha value is -0.370. The third kappa shape index (κ3) is 6.21. The summed E-state index contributed by atoms with van der Waals surface area (Å²) in [6.07, 6.45) is 7.28. The number of thiazole rings is 1. The number of nitrogens with one attached hydrogen (secondary N) is 2. The largest absolute Gasteiger partial charge is 0.357 e. The van der Waals surface area contributed by atoms with Crippen LogP contribution in [0.1, 0.15) is 57.2 Å². The van der Waals surface area contributed by atoms with Crippen LogP contribution in [0.25, 0.3) is 0 Å². The predicted molar refractivity (Wildman–Crippen MR) is 111 cm³/mol. The minimum atomic E-state index is 0. The molecule has 2 rings (SSSR count). The summed E-state index contributed by atoms with van der Waals surface area (Å²) < 4.78 is 0. The first kappa shape index (κ1) is 20.7. The minimum Gasteiger partial charge on any atom is -0.357 e. The lowest BCUT2D eigenvalue weighted by Crippen LogP contribution is -2.40. The SMILES string of the molecule is CCNC(=NCC1(CC)CCC1)NCCc1csc(CC)n1.I. The summed E-state index contributed by atoms with van der Waals surface area (Å²) in [4.78, 5) is 9.42. The van der Waals surface area contributed by atoms with E-state index in [1.54, 1.807) is 11.3 Å². The van der Waals surface area contributed by atoms with E-state index in [4.69, 9.17) is 4.99 Å². The maximum atomic E-state index is 4.81. The van der Waals surface area contributed by atoms with Crippen molar-refractivity contribution in [1.29, 1.82) is 0 Å². The molecule has 0 amide bonds. The fraction of sp³-hybridized carbons (Fsp3) is 0.765. The minimum absolute atomic E-state index is 0. The van der Waals surface area contributed by atoms with E-state index >= 15 is 0 Å². The summed E-state index contributed by atoms with van der Waals surface area (Å²) in [5.41, 5.74) is 1.67. The molecule has 1 aromatic rings. The number of hydrogen-bond acceptors (Lipinski definition) is 3. The van der Waals surface area contributed by atoms with Gasteiger partial charge in [0.25, 0.3) is 0 Å². The molecular weight excluding hydrogens is 419 g/mol. The maximum absolute atomic E-state index is 4.81. The van der Waals surface area contributed by atoms with Crippen LogP contribution in [0.15, 0.2) is 10.4 Å². The first-order valence-electron chi connectivity index (χ1n) is 8.67. The molecule has 6 heteroatoms. The van der Waals surface area contributed by atoms with Gasteiger partial charge < -0.3 is 10.6 Å². The zero-order valence-corrected chi connectivity index (χ0v) is 17.8. The highest BCUT2D eigenvalue weighted by atomic mass is 127. The van der Waals surface area contributed by atoms with Crippen LogP contribution in [0.4, 0.5) is 0 Å². The molecule has 1 aliphatic rings. The molecule has 2 N–H and O–H groups in total. The molecule has 1 aliphatic carbocycles. The summed E-state index contributed by atoms with van der Waals surface area (Å²) in [5, 5.41) is 10.2. The molecule has 1 fully saturated rings. The van der Waals surface area contributed by atoms with Crippen LogP contribution in [0, 0.1) is 5.41 Å². The summed E-state index contributed by atoms with van der Waals surface area (Å²) >= 11 is 1.76. The summed E-state index contributed by atoms with van der Waals surface area (Å²) in [6.45, 7) is 9.31. The molecule has 0 saturated heterocycles. The number of nitrogens with zero attached hydrogens (tertiary/aromatic N) is 2. The van der Waals surface area contributed by atoms with Crippen molar-refractivity contribution in [3.05, 3.63) is 16.1 Å². The predicted octanol–water partition coefficient (Wildman–Crippen LogP) is 4.00. The normalized spacial score (nSPS) is 16.4. The quantitative estimate of drug-likeness (QED) is 0.358. The van der Waals surface area contributed by atoms with E-state index in [9.17, 15) is 0 Å². The van der Waals surface area contributed by atoms with Crippen molar-refractivity contribution in [2.24, 2.45) is 10.4 Å². The fourth-order valence-electron chi connectivity index (χ4n) is 2.82. The second-order valence-corrected chi connectivity index (χ2v) is 7.11. The van der Waals surface area contributed by atoms with E-state index in [0.717, 1.165) is 38.4 Å². The number of aliphatic imine (C=N–C) groups is 1. The molecule has 0 aliphatic heterocycles. The molecule has 1 heterocycles. The average Bonchev–Trinajstić information content (AvgIpc) is 2.94. The van der Waals surface area contributed by atoms with Crippen LogP contribution >= 0.6 is 35.3 Å². The van der Waals surface area contributed by atoms with Gasteiger partial charge in [-0.3, -0.25) is 4.99 Å². The van der Waals surface area contributed by atoms with Gasteiger partial charge in [-0.15, -0.1) is 35.3 Å². The van der Waals surface area contributed by atoms with Gasteiger partial charge in [0.15, 0.2) is 5.96 Å². The third-order valence-corrected chi connectivity index (χ3v) is 5.70. The lowest BCUT2D eigenvalue weighted by Gasteiger charge is -2.40. The third-order valence-electron chi connectivity index (χ3n) is 4.66. The van der Waals surface area contributed by atoms with Crippen LogP contribution in [-0.4, -0.2) is 30.6 Å². The molecule has 0 unspecified atom stereocenters. The molecule has 0 bridgehead atoms. The first-order chi connectivity index (χ1) is 10.7. The number of halogens is 1. The van der Waals surface area contributed by atoms with Gasteiger partial charge in [-0.25, -0.2) is 4.98 Å². The second-order valence-electron chi connectivity index (χ2n) is 6.17. The highest BCUT2D eigenvalue weighted by Crippen LogP contribution is 2.43. The Morgan fingerprint density at radius 1 is 1.30 bits per heavy atom. The molecule has 0 spiro atoms. The van der Waals surface area contributed by atoms with Gasteiger partial charge in [0.1, 0.15) is 0 Å². The smallest absolute Gasteiger partial charge is 0.191 e. The summed E-state index contributed by atoms with van der Waals surface area (Å²) in [5.74, 6) is 0.952. The van der Waals surface area contributed by atoms with E-state index in [-0.39, 0.29) is 24.0 Å².